The molecule has 8 bridgehead atoms. The third kappa shape index (κ3) is 5.18. The number of hydrogen-bond acceptors (Lipinski definition) is 6. The summed E-state index contributed by atoms with van der Waals surface area (Å²) in [6.07, 6.45) is 1.96. The van der Waals surface area contributed by atoms with E-state index in [9.17, 15) is 22.5 Å². The Kier molecular flexibility index (Phi) is 7.02. The molecule has 204 valence electrons. The zero-order valence-corrected chi connectivity index (χ0v) is 22.5. The fourth-order valence-corrected chi connectivity index (χ4v) is 7.10. The van der Waals surface area contributed by atoms with E-state index < -0.39 is 18.9 Å². The van der Waals surface area contributed by atoms with Crippen molar-refractivity contribution in [3.8, 4) is 11.3 Å². The monoisotopic (exact) mass is 548 g/mol. The topological polar surface area (TPSA) is 103 Å². The molecule has 0 radical (unpaired) electrons. The average Bonchev–Trinajstić information content (AvgIpc) is 3.48. The van der Waals surface area contributed by atoms with Crippen LogP contribution in [0.3, 0.4) is 0 Å². The number of nitrogens with one attached hydrogen (secondary N) is 3. The molecule has 0 unspecified atom stereocenters. The Hall–Kier alpha value is -2.91. The minimum atomic E-state index is -4.68. The number of amides is 1. The fraction of sp³-hybridized carbons (Fsp3) is 0.500. The molecule has 1 saturated carbocycles. The number of benzene rings is 1. The fourth-order valence-electron chi connectivity index (χ4n) is 5.62. The number of anilines is 1. The predicted molar refractivity (Wildman–Crippen MR) is 143 cm³/mol. The standard InChI is InChI=1S/C26H32F3N6O2P/c1-35-11-5-4-10-30-24(36)18-9-8-17-19(13-31-22(17)23(18)38(2,3)37)21-20(26(27,28)29)14-32-25(34-21)33-15-6-7-16(35)12-15/h8-9,13-16,31H,4-7,10-12H2,1-3H3,(H,30,36)(H,32,33,34)/t15-,16-/m0/s1. The Labute approximate surface area is 219 Å². The zero-order valence-electron chi connectivity index (χ0n) is 21.7. The first-order chi connectivity index (χ1) is 17.9. The molecule has 3 aromatic rings. The van der Waals surface area contributed by atoms with Crippen LogP contribution in [0, 0.1) is 0 Å². The number of carbonyl (C=O) groups excluding carboxylic acids is 1. The Morgan fingerprint density at radius 2 is 1.92 bits per heavy atom. The second-order valence-electron chi connectivity index (χ2n) is 10.6. The smallest absolute Gasteiger partial charge is 0.360 e. The van der Waals surface area contributed by atoms with Gasteiger partial charge < -0.3 is 25.1 Å². The number of rotatable bonds is 1. The van der Waals surface area contributed by atoms with Gasteiger partial charge in [0, 0.05) is 47.3 Å². The first kappa shape index (κ1) is 26.7. The molecule has 38 heavy (non-hydrogen) atoms. The van der Waals surface area contributed by atoms with E-state index in [1.54, 1.807) is 25.5 Å². The summed E-state index contributed by atoms with van der Waals surface area (Å²) < 4.78 is 55.6. The van der Waals surface area contributed by atoms with Crippen LogP contribution in [-0.4, -0.2) is 71.3 Å². The van der Waals surface area contributed by atoms with Crippen LogP contribution < -0.4 is 15.9 Å². The molecule has 1 aliphatic carbocycles. The highest BCUT2D eigenvalue weighted by Gasteiger charge is 2.37. The van der Waals surface area contributed by atoms with Crippen LogP contribution in [0.4, 0.5) is 19.1 Å². The highest BCUT2D eigenvalue weighted by Crippen LogP contribution is 2.43. The highest BCUT2D eigenvalue weighted by molar-refractivity contribution is 7.70. The lowest BCUT2D eigenvalue weighted by Gasteiger charge is -2.24. The van der Waals surface area contributed by atoms with Gasteiger partial charge >= 0.3 is 6.18 Å². The van der Waals surface area contributed by atoms with E-state index in [0.717, 1.165) is 44.8 Å². The van der Waals surface area contributed by atoms with Gasteiger partial charge in [-0.3, -0.25) is 4.79 Å². The van der Waals surface area contributed by atoms with Crippen LogP contribution in [0.25, 0.3) is 22.2 Å². The quantitative estimate of drug-likeness (QED) is 0.382. The third-order valence-corrected chi connectivity index (χ3v) is 9.09. The summed E-state index contributed by atoms with van der Waals surface area (Å²) in [4.78, 5) is 26.8. The number of hydrogen-bond donors (Lipinski definition) is 3. The van der Waals surface area contributed by atoms with E-state index in [-0.39, 0.29) is 34.7 Å². The van der Waals surface area contributed by atoms with Crippen molar-refractivity contribution in [2.45, 2.75) is 50.4 Å². The molecule has 1 amide bonds. The van der Waals surface area contributed by atoms with Crippen LogP contribution >= 0.6 is 7.14 Å². The van der Waals surface area contributed by atoms with E-state index in [2.05, 4.69) is 37.5 Å². The van der Waals surface area contributed by atoms with Crippen molar-refractivity contribution in [1.82, 2.24) is 25.2 Å². The molecule has 1 aromatic carbocycles. The maximum Gasteiger partial charge on any atom is 0.419 e. The van der Waals surface area contributed by atoms with Crippen molar-refractivity contribution in [3.63, 3.8) is 0 Å². The Balaban J connectivity index is 1.68. The molecule has 8 nitrogen and oxygen atoms in total. The van der Waals surface area contributed by atoms with Gasteiger partial charge in [0.2, 0.25) is 5.95 Å². The van der Waals surface area contributed by atoms with Crippen molar-refractivity contribution in [2.75, 3.05) is 38.8 Å². The Bertz CT molecular complexity index is 1420. The lowest BCUT2D eigenvalue weighted by atomic mass is 10.0. The van der Waals surface area contributed by atoms with Crippen molar-refractivity contribution in [1.29, 1.82) is 0 Å². The van der Waals surface area contributed by atoms with Gasteiger partial charge in [-0.25, -0.2) is 9.97 Å². The second kappa shape index (κ2) is 10.0. The van der Waals surface area contributed by atoms with Gasteiger partial charge in [-0.15, -0.1) is 0 Å². The summed E-state index contributed by atoms with van der Waals surface area (Å²) in [7, 11) is -0.946. The molecule has 6 rings (SSSR count). The average molecular weight is 549 g/mol. The SMILES string of the molecule is CN1CCCCNC(=O)c2ccc3c(c[nH]c3c2P(C)(C)=O)-c2nc(ncc2C(F)(F)F)N[C@H]2CC[C@H]1C2. The van der Waals surface area contributed by atoms with Gasteiger partial charge in [-0.1, -0.05) is 6.07 Å². The Morgan fingerprint density at radius 1 is 1.13 bits per heavy atom. The van der Waals surface area contributed by atoms with E-state index in [1.165, 1.54) is 6.20 Å². The maximum absolute atomic E-state index is 14.1. The maximum atomic E-state index is 14.1. The summed E-state index contributed by atoms with van der Waals surface area (Å²) in [5, 5.41) is 6.92. The van der Waals surface area contributed by atoms with E-state index in [4.69, 9.17) is 0 Å². The first-order valence-electron chi connectivity index (χ1n) is 12.8. The number of aromatic amines is 1. The number of halogens is 3. The van der Waals surface area contributed by atoms with Gasteiger partial charge in [0.25, 0.3) is 5.91 Å². The summed E-state index contributed by atoms with van der Waals surface area (Å²) >= 11 is 0. The van der Waals surface area contributed by atoms with Gasteiger partial charge in [0.05, 0.1) is 16.8 Å². The lowest BCUT2D eigenvalue weighted by molar-refractivity contribution is -0.137. The highest BCUT2D eigenvalue weighted by atomic mass is 31.2. The predicted octanol–water partition coefficient (Wildman–Crippen LogP) is 4.68. The van der Waals surface area contributed by atoms with Gasteiger partial charge in [-0.2, -0.15) is 13.2 Å². The molecule has 12 heteroatoms. The van der Waals surface area contributed by atoms with Crippen LogP contribution in [0.2, 0.25) is 0 Å². The molecule has 2 aliphatic heterocycles. The molecule has 2 atom stereocenters. The number of H-pyrrole nitrogens is 1. The lowest BCUT2D eigenvalue weighted by Crippen LogP contribution is -2.33. The van der Waals surface area contributed by atoms with Gasteiger partial charge in [0.1, 0.15) is 12.7 Å². The Morgan fingerprint density at radius 3 is 2.66 bits per heavy atom. The van der Waals surface area contributed by atoms with Crippen molar-refractivity contribution < 1.29 is 22.5 Å². The minimum absolute atomic E-state index is 0.0524. The normalized spacial score (nSPS) is 21.7. The minimum Gasteiger partial charge on any atom is -0.360 e. The van der Waals surface area contributed by atoms with E-state index in [1.807, 2.05) is 0 Å². The number of fused-ring (bicyclic) bond motifs is 7. The van der Waals surface area contributed by atoms with Crippen LogP contribution in [0.1, 0.15) is 48.0 Å². The summed E-state index contributed by atoms with van der Waals surface area (Å²) in [6.45, 7) is 4.44. The molecule has 3 N–H and O–H groups in total. The first-order valence-corrected chi connectivity index (χ1v) is 15.4. The van der Waals surface area contributed by atoms with Crippen LogP contribution in [0.15, 0.2) is 24.5 Å². The molecule has 4 heterocycles. The largest absolute Gasteiger partial charge is 0.419 e. The van der Waals surface area contributed by atoms with E-state index >= 15 is 0 Å². The summed E-state index contributed by atoms with van der Waals surface area (Å²) in [5.41, 5.74) is -0.385. The number of nitrogens with zero attached hydrogens (tertiary/aromatic N) is 3. The number of carbonyl (C=O) groups is 1. The van der Waals surface area contributed by atoms with Crippen molar-refractivity contribution in [2.24, 2.45) is 0 Å². The molecule has 1 fully saturated rings. The van der Waals surface area contributed by atoms with E-state index in [0.29, 0.717) is 28.8 Å². The third-order valence-electron chi connectivity index (χ3n) is 7.55. The summed E-state index contributed by atoms with van der Waals surface area (Å²) in [6, 6.07) is 3.54. The van der Waals surface area contributed by atoms with Crippen molar-refractivity contribution in [3.05, 3.63) is 35.7 Å². The molecule has 0 spiro atoms. The van der Waals surface area contributed by atoms with Crippen LogP contribution in [0.5, 0.6) is 0 Å². The zero-order chi connectivity index (χ0) is 27.2. The molecular weight excluding hydrogens is 516 g/mol. The number of alkyl halides is 3. The van der Waals surface area contributed by atoms with Gasteiger partial charge in [0.15, 0.2) is 0 Å². The molecule has 2 aromatic heterocycles. The molecule has 0 saturated heterocycles. The van der Waals surface area contributed by atoms with Crippen LogP contribution in [-0.2, 0) is 10.7 Å². The second-order valence-corrected chi connectivity index (χ2v) is 13.8. The van der Waals surface area contributed by atoms with Gasteiger partial charge in [-0.05, 0) is 65.1 Å². The van der Waals surface area contributed by atoms with Crippen molar-refractivity contribution >= 4 is 35.2 Å². The molecule has 3 aliphatic rings. The molecular formula is C26H32F3N6O2P. The summed E-state index contributed by atoms with van der Waals surface area (Å²) in [5.74, 6) is -0.210. The number of aromatic nitrogens is 3.